The molecule has 1 aliphatic heterocycles. The summed E-state index contributed by atoms with van der Waals surface area (Å²) in [5.41, 5.74) is 0.836. The average molecular weight is 278 g/mol. The van der Waals surface area contributed by atoms with Gasteiger partial charge < -0.3 is 9.47 Å². The van der Waals surface area contributed by atoms with Crippen LogP contribution in [0.4, 0.5) is 0 Å². The second kappa shape index (κ2) is 3.46. The molecule has 1 spiro atoms. The molecule has 3 aliphatic carbocycles. The molecule has 2 unspecified atom stereocenters. The lowest BCUT2D eigenvalue weighted by molar-refractivity contribution is -0.177. The van der Waals surface area contributed by atoms with Gasteiger partial charge in [-0.05, 0) is 75.0 Å². The Bertz CT molecular complexity index is 454. The van der Waals surface area contributed by atoms with Crippen LogP contribution in [0.2, 0.25) is 0 Å². The van der Waals surface area contributed by atoms with Gasteiger partial charge in [0.25, 0.3) is 0 Å². The van der Waals surface area contributed by atoms with Gasteiger partial charge in [-0.25, -0.2) is 0 Å². The maximum absolute atomic E-state index is 6.48. The smallest absolute Gasteiger partial charge is 0.164 e. The van der Waals surface area contributed by atoms with Crippen LogP contribution in [0.15, 0.2) is 0 Å². The highest BCUT2D eigenvalue weighted by Crippen LogP contribution is 2.75. The summed E-state index contributed by atoms with van der Waals surface area (Å²) in [5, 5.41) is 0. The van der Waals surface area contributed by atoms with Crippen LogP contribution in [0.25, 0.3) is 0 Å². The maximum atomic E-state index is 6.48. The second-order valence-corrected chi connectivity index (χ2v) is 9.34. The molecule has 1 saturated heterocycles. The molecule has 4 aliphatic rings. The summed E-state index contributed by atoms with van der Waals surface area (Å²) < 4.78 is 12.8. The highest BCUT2D eigenvalue weighted by atomic mass is 16.8. The summed E-state index contributed by atoms with van der Waals surface area (Å²) in [6, 6.07) is 0. The minimum atomic E-state index is -0.409. The van der Waals surface area contributed by atoms with Crippen LogP contribution in [0.1, 0.15) is 67.2 Å². The lowest BCUT2D eigenvalue weighted by Gasteiger charge is -2.47. The summed E-state index contributed by atoms with van der Waals surface area (Å²) in [6.07, 6.45) is 5.70. The highest BCUT2D eigenvalue weighted by molar-refractivity contribution is 5.21. The lowest BCUT2D eigenvalue weighted by Crippen LogP contribution is -2.52. The van der Waals surface area contributed by atoms with E-state index in [1.807, 2.05) is 0 Å². The van der Waals surface area contributed by atoms with Gasteiger partial charge >= 0.3 is 0 Å². The van der Waals surface area contributed by atoms with E-state index in [1.165, 1.54) is 25.7 Å². The van der Waals surface area contributed by atoms with Gasteiger partial charge in [-0.1, -0.05) is 20.8 Å². The van der Waals surface area contributed by atoms with Crippen LogP contribution in [0.3, 0.4) is 0 Å². The zero-order valence-electron chi connectivity index (χ0n) is 14.0. The molecule has 0 aromatic heterocycles. The molecule has 0 radical (unpaired) electrons. The van der Waals surface area contributed by atoms with Crippen LogP contribution in [-0.2, 0) is 9.47 Å². The predicted octanol–water partition coefficient (Wildman–Crippen LogP) is 4.38. The summed E-state index contributed by atoms with van der Waals surface area (Å²) in [5.74, 6) is 1.96. The van der Waals surface area contributed by atoms with E-state index >= 15 is 0 Å². The van der Waals surface area contributed by atoms with E-state index < -0.39 is 5.79 Å². The van der Waals surface area contributed by atoms with Crippen molar-refractivity contribution in [1.82, 2.24) is 0 Å². The SMILES string of the molecule is C[C@@H]1CC[C@H]2C(C)(C)[C@H]3C[C@@]12CC1OC(C)(C)OC13C. The van der Waals surface area contributed by atoms with Gasteiger partial charge in [0.2, 0.25) is 0 Å². The first-order chi connectivity index (χ1) is 9.12. The van der Waals surface area contributed by atoms with Gasteiger partial charge in [0.05, 0.1) is 11.7 Å². The van der Waals surface area contributed by atoms with E-state index in [-0.39, 0.29) is 5.60 Å². The van der Waals surface area contributed by atoms with Crippen LogP contribution in [-0.4, -0.2) is 17.5 Å². The molecule has 4 rings (SSSR count). The largest absolute Gasteiger partial charge is 0.344 e. The lowest BCUT2D eigenvalue weighted by atomic mass is 9.63. The monoisotopic (exact) mass is 278 g/mol. The Morgan fingerprint density at radius 3 is 2.30 bits per heavy atom. The number of hydrogen-bond acceptors (Lipinski definition) is 2. The number of hydrogen-bond donors (Lipinski definition) is 0. The van der Waals surface area contributed by atoms with Crippen molar-refractivity contribution in [3.05, 3.63) is 0 Å². The molecule has 1 heterocycles. The van der Waals surface area contributed by atoms with Crippen molar-refractivity contribution in [3.63, 3.8) is 0 Å². The van der Waals surface area contributed by atoms with Gasteiger partial charge in [0.15, 0.2) is 5.79 Å². The molecule has 0 aromatic carbocycles. The zero-order chi connectivity index (χ0) is 14.6. The van der Waals surface area contributed by atoms with Crippen molar-refractivity contribution < 1.29 is 9.47 Å². The molecule has 3 saturated carbocycles. The Kier molecular flexibility index (Phi) is 2.35. The molecule has 4 fully saturated rings. The van der Waals surface area contributed by atoms with Crippen molar-refractivity contribution in [1.29, 1.82) is 0 Å². The molecule has 0 amide bonds. The fourth-order valence-electron chi connectivity index (χ4n) is 7.01. The van der Waals surface area contributed by atoms with E-state index in [0.717, 1.165) is 11.8 Å². The normalized spacial score (nSPS) is 58.5. The van der Waals surface area contributed by atoms with Crippen molar-refractivity contribution in [2.45, 2.75) is 84.7 Å². The van der Waals surface area contributed by atoms with Crippen molar-refractivity contribution in [3.8, 4) is 0 Å². The van der Waals surface area contributed by atoms with Crippen molar-refractivity contribution >= 4 is 0 Å². The van der Waals surface area contributed by atoms with E-state index in [4.69, 9.17) is 9.47 Å². The number of fused-ring (bicyclic) bond motifs is 3. The first-order valence-electron chi connectivity index (χ1n) is 8.50. The van der Waals surface area contributed by atoms with E-state index in [2.05, 4.69) is 41.5 Å². The molecule has 2 nitrogen and oxygen atoms in total. The van der Waals surface area contributed by atoms with Gasteiger partial charge in [-0.15, -0.1) is 0 Å². The summed E-state index contributed by atoms with van der Waals surface area (Å²) >= 11 is 0. The van der Waals surface area contributed by atoms with Gasteiger partial charge in [0.1, 0.15) is 0 Å². The summed E-state index contributed by atoms with van der Waals surface area (Å²) in [7, 11) is 0. The molecular formula is C18H30O2. The fourth-order valence-corrected chi connectivity index (χ4v) is 7.01. The molecule has 2 heteroatoms. The molecule has 0 N–H and O–H groups in total. The summed E-state index contributed by atoms with van der Waals surface area (Å²) in [6.45, 7) is 14.0. The minimum Gasteiger partial charge on any atom is -0.344 e. The van der Waals surface area contributed by atoms with Crippen LogP contribution in [0.5, 0.6) is 0 Å². The fraction of sp³-hybridized carbons (Fsp3) is 1.00. The molecule has 20 heavy (non-hydrogen) atoms. The van der Waals surface area contributed by atoms with Gasteiger partial charge in [-0.3, -0.25) is 0 Å². The topological polar surface area (TPSA) is 18.5 Å². The molecule has 0 aromatic rings. The third-order valence-electron chi connectivity index (χ3n) is 7.73. The van der Waals surface area contributed by atoms with E-state index in [9.17, 15) is 0 Å². The highest BCUT2D eigenvalue weighted by Gasteiger charge is 2.73. The Labute approximate surface area is 123 Å². The second-order valence-electron chi connectivity index (χ2n) is 9.34. The third kappa shape index (κ3) is 1.34. The molecule has 114 valence electrons. The summed E-state index contributed by atoms with van der Waals surface area (Å²) in [4.78, 5) is 0. The van der Waals surface area contributed by atoms with Crippen LogP contribution >= 0.6 is 0 Å². The number of rotatable bonds is 0. The van der Waals surface area contributed by atoms with Crippen molar-refractivity contribution in [2.75, 3.05) is 0 Å². The molecule has 6 atom stereocenters. The van der Waals surface area contributed by atoms with E-state index in [1.54, 1.807) is 0 Å². The Hall–Kier alpha value is -0.0800. The maximum Gasteiger partial charge on any atom is 0.164 e. The van der Waals surface area contributed by atoms with Crippen molar-refractivity contribution in [2.24, 2.45) is 28.6 Å². The third-order valence-corrected chi connectivity index (χ3v) is 7.73. The van der Waals surface area contributed by atoms with Crippen LogP contribution in [0, 0.1) is 28.6 Å². The number of ether oxygens (including phenoxy) is 2. The minimum absolute atomic E-state index is 0.0810. The Balaban J connectivity index is 1.82. The Morgan fingerprint density at radius 2 is 1.60 bits per heavy atom. The first kappa shape index (κ1) is 13.6. The standard InChI is InChI=1S/C18H30O2/c1-11-7-8-12-15(2,3)13-9-18(11,12)10-14-17(13,6)20-16(4,5)19-14/h11-14H,7-10H2,1-6H3/t11-,12+,13-,14?,17?,18-/m1/s1. The quantitative estimate of drug-likeness (QED) is 0.654. The predicted molar refractivity (Wildman–Crippen MR) is 79.3 cm³/mol. The zero-order valence-corrected chi connectivity index (χ0v) is 14.0. The van der Waals surface area contributed by atoms with E-state index in [0.29, 0.717) is 22.9 Å². The van der Waals surface area contributed by atoms with Gasteiger partial charge in [-0.2, -0.15) is 0 Å². The average Bonchev–Trinajstić information content (AvgIpc) is 2.80. The van der Waals surface area contributed by atoms with Gasteiger partial charge in [0, 0.05) is 0 Å². The molecule has 2 bridgehead atoms. The first-order valence-corrected chi connectivity index (χ1v) is 8.50. The Morgan fingerprint density at radius 1 is 0.900 bits per heavy atom. The van der Waals surface area contributed by atoms with Crippen LogP contribution < -0.4 is 0 Å². The molecular weight excluding hydrogens is 248 g/mol.